The Morgan fingerprint density at radius 1 is 1.42 bits per heavy atom. The van der Waals surface area contributed by atoms with Gasteiger partial charge in [-0.25, -0.2) is 17.5 Å². The molecular formula is C14H21ClFN3O6S. The molecular weight excluding hydrogens is 393 g/mol. The highest BCUT2D eigenvalue weighted by atomic mass is 35.5. The first-order valence-electron chi connectivity index (χ1n) is 7.50. The maximum absolute atomic E-state index is 14.0. The maximum Gasteiger partial charge on any atom is 0.315 e. The van der Waals surface area contributed by atoms with Crippen molar-refractivity contribution in [2.45, 2.75) is 23.3 Å². The Morgan fingerprint density at radius 2 is 2.12 bits per heavy atom. The van der Waals surface area contributed by atoms with E-state index in [1.54, 1.807) is 0 Å². The second-order valence-corrected chi connectivity index (χ2v) is 7.55. The van der Waals surface area contributed by atoms with Crippen LogP contribution in [0.3, 0.4) is 0 Å². The van der Waals surface area contributed by atoms with Gasteiger partial charge >= 0.3 is 5.69 Å². The quantitative estimate of drug-likeness (QED) is 0.485. The van der Waals surface area contributed by atoms with Crippen LogP contribution >= 0.6 is 12.4 Å². The largest absolute Gasteiger partial charge is 0.488 e. The Hall–Kier alpha value is -1.53. The first-order chi connectivity index (χ1) is 11.7. The molecule has 1 aromatic rings. The van der Waals surface area contributed by atoms with E-state index in [2.05, 4.69) is 14.8 Å². The molecule has 0 radical (unpaired) electrons. The van der Waals surface area contributed by atoms with Crippen molar-refractivity contribution in [3.63, 3.8) is 0 Å². The van der Waals surface area contributed by atoms with E-state index in [0.29, 0.717) is 19.1 Å². The van der Waals surface area contributed by atoms with Gasteiger partial charge in [0.25, 0.3) is 0 Å². The SMILES string of the molecule is COCC1(CNS(=O)(=O)c2cc(F)c(OC)c([N+](=O)[O-])c2)CCCN1.Cl. The minimum absolute atomic E-state index is 0. The van der Waals surface area contributed by atoms with Crippen LogP contribution in [0.1, 0.15) is 12.8 Å². The van der Waals surface area contributed by atoms with E-state index in [4.69, 9.17) is 4.74 Å². The van der Waals surface area contributed by atoms with E-state index in [1.807, 2.05) is 0 Å². The third-order valence-corrected chi connectivity index (χ3v) is 5.44. The summed E-state index contributed by atoms with van der Waals surface area (Å²) in [6, 6.07) is 1.47. The summed E-state index contributed by atoms with van der Waals surface area (Å²) in [5.74, 6) is -1.74. The molecule has 1 aromatic carbocycles. The Morgan fingerprint density at radius 3 is 2.62 bits per heavy atom. The molecule has 2 N–H and O–H groups in total. The minimum Gasteiger partial charge on any atom is -0.488 e. The Balaban J connectivity index is 0.00000338. The number of ether oxygens (including phenoxy) is 2. The van der Waals surface area contributed by atoms with Gasteiger partial charge in [-0.2, -0.15) is 0 Å². The van der Waals surface area contributed by atoms with Gasteiger partial charge in [-0.3, -0.25) is 10.1 Å². The lowest BCUT2D eigenvalue weighted by atomic mass is 9.99. The van der Waals surface area contributed by atoms with Gasteiger partial charge in [-0.15, -0.1) is 12.4 Å². The number of nitro groups is 1. The summed E-state index contributed by atoms with van der Waals surface area (Å²) in [5, 5.41) is 14.2. The first-order valence-corrected chi connectivity index (χ1v) is 8.98. The zero-order valence-electron chi connectivity index (χ0n) is 14.3. The first kappa shape index (κ1) is 22.5. The molecule has 26 heavy (non-hydrogen) atoms. The molecule has 12 heteroatoms. The minimum atomic E-state index is -4.15. The van der Waals surface area contributed by atoms with Crippen molar-refractivity contribution in [3.05, 3.63) is 28.1 Å². The van der Waals surface area contributed by atoms with Gasteiger partial charge in [0.15, 0.2) is 5.82 Å². The third-order valence-electron chi connectivity index (χ3n) is 4.06. The van der Waals surface area contributed by atoms with Gasteiger partial charge in [0.1, 0.15) is 0 Å². The van der Waals surface area contributed by atoms with Crippen molar-refractivity contribution < 1.29 is 27.2 Å². The lowest BCUT2D eigenvalue weighted by Gasteiger charge is -2.28. The zero-order valence-corrected chi connectivity index (χ0v) is 15.9. The van der Waals surface area contributed by atoms with E-state index < -0.39 is 42.6 Å². The van der Waals surface area contributed by atoms with E-state index >= 15 is 0 Å². The molecule has 0 amide bonds. The summed E-state index contributed by atoms with van der Waals surface area (Å²) < 4.78 is 51.0. The highest BCUT2D eigenvalue weighted by Crippen LogP contribution is 2.32. The van der Waals surface area contributed by atoms with Crippen LogP contribution in [0.5, 0.6) is 5.75 Å². The fourth-order valence-corrected chi connectivity index (χ4v) is 3.99. The lowest BCUT2D eigenvalue weighted by molar-refractivity contribution is -0.386. The Kier molecular flexibility index (Phi) is 7.71. The summed E-state index contributed by atoms with van der Waals surface area (Å²) in [5.41, 5.74) is -1.31. The van der Waals surface area contributed by atoms with Gasteiger partial charge in [-0.1, -0.05) is 0 Å². The fraction of sp³-hybridized carbons (Fsp3) is 0.571. The molecule has 0 aliphatic carbocycles. The lowest BCUT2D eigenvalue weighted by Crippen LogP contribution is -2.52. The predicted molar refractivity (Wildman–Crippen MR) is 93.9 cm³/mol. The van der Waals surface area contributed by atoms with Crippen LogP contribution in [0.25, 0.3) is 0 Å². The molecule has 2 rings (SSSR count). The van der Waals surface area contributed by atoms with Gasteiger partial charge in [0, 0.05) is 19.7 Å². The number of nitrogens with one attached hydrogen (secondary N) is 2. The molecule has 0 saturated carbocycles. The van der Waals surface area contributed by atoms with Crippen molar-refractivity contribution in [1.29, 1.82) is 0 Å². The molecule has 1 unspecified atom stereocenters. The van der Waals surface area contributed by atoms with E-state index in [0.717, 1.165) is 26.1 Å². The third kappa shape index (κ3) is 4.80. The Bertz CT molecular complexity index is 755. The van der Waals surface area contributed by atoms with Gasteiger partial charge in [-0.05, 0) is 25.5 Å². The predicted octanol–water partition coefficient (Wildman–Crippen LogP) is 1.21. The monoisotopic (exact) mass is 413 g/mol. The summed E-state index contributed by atoms with van der Waals surface area (Å²) in [6.07, 6.45) is 1.58. The topological polar surface area (TPSA) is 120 Å². The van der Waals surface area contributed by atoms with Crippen LogP contribution in [0.4, 0.5) is 10.1 Å². The molecule has 0 spiro atoms. The van der Waals surface area contributed by atoms with Gasteiger partial charge < -0.3 is 14.8 Å². The highest BCUT2D eigenvalue weighted by molar-refractivity contribution is 7.89. The number of hydrogen-bond acceptors (Lipinski definition) is 7. The summed E-state index contributed by atoms with van der Waals surface area (Å²) in [4.78, 5) is 9.60. The second-order valence-electron chi connectivity index (χ2n) is 5.78. The number of hydrogen-bond donors (Lipinski definition) is 2. The molecule has 9 nitrogen and oxygen atoms in total. The van der Waals surface area contributed by atoms with Crippen molar-refractivity contribution >= 4 is 28.1 Å². The molecule has 1 aliphatic heterocycles. The molecule has 0 bridgehead atoms. The second kappa shape index (κ2) is 8.91. The van der Waals surface area contributed by atoms with Crippen molar-refractivity contribution in [2.75, 3.05) is 33.9 Å². The van der Waals surface area contributed by atoms with Crippen LogP contribution < -0.4 is 14.8 Å². The number of methoxy groups -OCH3 is 2. The summed E-state index contributed by atoms with van der Waals surface area (Å²) >= 11 is 0. The average molecular weight is 414 g/mol. The number of benzene rings is 1. The van der Waals surface area contributed by atoms with E-state index in [-0.39, 0.29) is 19.0 Å². The standard InChI is InChI=1S/C14H20FN3O6S.ClH/c1-23-9-14(4-3-5-16-14)8-17-25(21,22)10-6-11(15)13(24-2)12(7-10)18(19)20;/h6-7,16-17H,3-5,8-9H2,1-2H3;1H. The molecule has 1 aliphatic rings. The van der Waals surface area contributed by atoms with Crippen LogP contribution in [0.15, 0.2) is 17.0 Å². The smallest absolute Gasteiger partial charge is 0.315 e. The van der Waals surface area contributed by atoms with E-state index in [1.165, 1.54) is 7.11 Å². The number of sulfonamides is 1. The van der Waals surface area contributed by atoms with Gasteiger partial charge in [0.2, 0.25) is 15.8 Å². The average Bonchev–Trinajstić information content (AvgIpc) is 3.01. The molecule has 1 fully saturated rings. The molecule has 1 heterocycles. The van der Waals surface area contributed by atoms with Crippen LogP contribution in [-0.4, -0.2) is 52.8 Å². The van der Waals surface area contributed by atoms with Crippen LogP contribution in [-0.2, 0) is 14.8 Å². The van der Waals surface area contributed by atoms with Crippen LogP contribution in [0, 0.1) is 15.9 Å². The summed E-state index contributed by atoms with van der Waals surface area (Å²) in [7, 11) is -1.57. The number of halogens is 2. The van der Waals surface area contributed by atoms with Crippen LogP contribution in [0.2, 0.25) is 0 Å². The van der Waals surface area contributed by atoms with Crippen molar-refractivity contribution in [1.82, 2.24) is 10.0 Å². The molecule has 148 valence electrons. The zero-order chi connectivity index (χ0) is 18.7. The van der Waals surface area contributed by atoms with E-state index in [9.17, 15) is 22.9 Å². The van der Waals surface area contributed by atoms with Crippen molar-refractivity contribution in [3.8, 4) is 5.75 Å². The molecule has 1 saturated heterocycles. The fourth-order valence-electron chi connectivity index (χ4n) is 2.83. The summed E-state index contributed by atoms with van der Waals surface area (Å²) in [6.45, 7) is 1.05. The maximum atomic E-state index is 14.0. The number of nitro benzene ring substituents is 1. The normalized spacial score (nSPS) is 19.8. The van der Waals surface area contributed by atoms with Crippen molar-refractivity contribution in [2.24, 2.45) is 0 Å². The highest BCUT2D eigenvalue weighted by Gasteiger charge is 2.35. The molecule has 1 atom stereocenters. The molecule has 0 aromatic heterocycles. The number of rotatable bonds is 8. The number of nitrogens with zero attached hydrogens (tertiary/aromatic N) is 1. The Labute approximate surface area is 156 Å². The van der Waals surface area contributed by atoms with Gasteiger partial charge in [0.05, 0.1) is 29.1 Å².